The molecule has 1 unspecified atom stereocenters. The average molecular weight is 296 g/mol. The molecule has 0 aromatic heterocycles. The van der Waals surface area contributed by atoms with Crippen LogP contribution in [0.2, 0.25) is 0 Å². The number of hydrogen-bond acceptors (Lipinski definition) is 3. The molecule has 20 heavy (non-hydrogen) atoms. The molecular formula is C14H20N2O3S. The van der Waals surface area contributed by atoms with Crippen LogP contribution in [0.4, 0.5) is 4.79 Å². The minimum Gasteiger partial charge on any atom is -0.338 e. The summed E-state index contributed by atoms with van der Waals surface area (Å²) in [5.41, 5.74) is 1.17. The summed E-state index contributed by atoms with van der Waals surface area (Å²) in [5, 5.41) is 2.42. The van der Waals surface area contributed by atoms with Gasteiger partial charge in [-0.15, -0.1) is 0 Å². The van der Waals surface area contributed by atoms with E-state index >= 15 is 0 Å². The molecule has 6 heteroatoms. The molecule has 1 aliphatic rings. The number of nitrogens with one attached hydrogen (secondary N) is 1. The minimum atomic E-state index is -3.05. The highest BCUT2D eigenvalue weighted by atomic mass is 32.2. The second-order valence-corrected chi connectivity index (χ2v) is 7.48. The van der Waals surface area contributed by atoms with E-state index in [0.29, 0.717) is 26.1 Å². The normalized spacial score (nSPS) is 19.1. The molecule has 0 spiro atoms. The molecule has 1 aliphatic heterocycles. The van der Waals surface area contributed by atoms with Crippen molar-refractivity contribution in [2.24, 2.45) is 0 Å². The van der Waals surface area contributed by atoms with Crippen LogP contribution in [0.25, 0.3) is 0 Å². The lowest BCUT2D eigenvalue weighted by Crippen LogP contribution is -2.40. The number of nitrogens with zero attached hydrogens (tertiary/aromatic N) is 1. The molecule has 1 fully saturated rings. The fourth-order valence-electron chi connectivity index (χ4n) is 2.33. The Labute approximate surface area is 119 Å². The van der Waals surface area contributed by atoms with Gasteiger partial charge in [0.25, 0.3) is 0 Å². The average Bonchev–Trinajstić information content (AvgIpc) is 2.89. The van der Waals surface area contributed by atoms with Gasteiger partial charge in [0.05, 0.1) is 5.25 Å². The standard InChI is InChI=1S/C14H20N2O3S/c1-20(18,19)13-8-10-16(11-13)14(17)15-9-7-12-5-3-2-4-6-12/h2-6,13H,7-11H2,1H3,(H,15,17). The van der Waals surface area contributed by atoms with Crippen molar-refractivity contribution in [2.75, 3.05) is 25.9 Å². The van der Waals surface area contributed by atoms with Crippen LogP contribution in [0.15, 0.2) is 30.3 Å². The van der Waals surface area contributed by atoms with Crippen LogP contribution in [0.1, 0.15) is 12.0 Å². The van der Waals surface area contributed by atoms with Gasteiger partial charge in [0, 0.05) is 25.9 Å². The molecule has 1 N–H and O–H groups in total. The number of rotatable bonds is 4. The maximum absolute atomic E-state index is 11.9. The number of likely N-dealkylation sites (tertiary alicyclic amines) is 1. The fraction of sp³-hybridized carbons (Fsp3) is 0.500. The summed E-state index contributed by atoms with van der Waals surface area (Å²) < 4.78 is 22.9. The SMILES string of the molecule is CS(=O)(=O)C1CCN(C(=O)NCCc2ccccc2)C1. The van der Waals surface area contributed by atoms with E-state index in [4.69, 9.17) is 0 Å². The molecule has 0 bridgehead atoms. The number of sulfone groups is 1. The Balaban J connectivity index is 1.76. The highest BCUT2D eigenvalue weighted by molar-refractivity contribution is 7.91. The predicted octanol–water partition coefficient (Wildman–Crippen LogP) is 1.06. The molecule has 110 valence electrons. The summed E-state index contributed by atoms with van der Waals surface area (Å²) in [4.78, 5) is 13.5. The summed E-state index contributed by atoms with van der Waals surface area (Å²) in [6, 6.07) is 9.75. The third kappa shape index (κ3) is 3.96. The Morgan fingerprint density at radius 2 is 2.05 bits per heavy atom. The monoisotopic (exact) mass is 296 g/mol. The first-order valence-electron chi connectivity index (χ1n) is 6.72. The largest absolute Gasteiger partial charge is 0.338 e. The predicted molar refractivity (Wildman–Crippen MR) is 78.4 cm³/mol. The maximum Gasteiger partial charge on any atom is 0.317 e. The zero-order valence-electron chi connectivity index (χ0n) is 11.6. The number of amides is 2. The van der Waals surface area contributed by atoms with Gasteiger partial charge in [-0.25, -0.2) is 13.2 Å². The van der Waals surface area contributed by atoms with Gasteiger partial charge in [0.1, 0.15) is 0 Å². The van der Waals surface area contributed by atoms with Crippen molar-refractivity contribution in [1.29, 1.82) is 0 Å². The first-order chi connectivity index (χ1) is 9.47. The van der Waals surface area contributed by atoms with Gasteiger partial charge in [0.2, 0.25) is 0 Å². The molecule has 1 aromatic rings. The summed E-state index contributed by atoms with van der Waals surface area (Å²) >= 11 is 0. The van der Waals surface area contributed by atoms with Crippen molar-refractivity contribution in [3.05, 3.63) is 35.9 Å². The van der Waals surface area contributed by atoms with Crippen molar-refractivity contribution in [1.82, 2.24) is 10.2 Å². The van der Waals surface area contributed by atoms with E-state index in [1.54, 1.807) is 4.90 Å². The Hall–Kier alpha value is -1.56. The smallest absolute Gasteiger partial charge is 0.317 e. The third-order valence-corrected chi connectivity index (χ3v) is 5.17. The van der Waals surface area contributed by atoms with Crippen LogP contribution < -0.4 is 5.32 Å². The van der Waals surface area contributed by atoms with Gasteiger partial charge in [-0.1, -0.05) is 30.3 Å². The molecule has 1 aromatic carbocycles. The Morgan fingerprint density at radius 1 is 1.35 bits per heavy atom. The quantitative estimate of drug-likeness (QED) is 0.903. The highest BCUT2D eigenvalue weighted by Crippen LogP contribution is 2.15. The van der Waals surface area contributed by atoms with Gasteiger partial charge >= 0.3 is 6.03 Å². The van der Waals surface area contributed by atoms with Crippen molar-refractivity contribution in [3.63, 3.8) is 0 Å². The summed E-state index contributed by atoms with van der Waals surface area (Å²) in [7, 11) is -3.05. The number of carbonyl (C=O) groups is 1. The lowest BCUT2D eigenvalue weighted by atomic mass is 10.1. The van der Waals surface area contributed by atoms with Gasteiger partial charge < -0.3 is 10.2 Å². The van der Waals surface area contributed by atoms with Crippen molar-refractivity contribution in [2.45, 2.75) is 18.1 Å². The van der Waals surface area contributed by atoms with Gasteiger partial charge in [0.15, 0.2) is 9.84 Å². The molecule has 1 saturated heterocycles. The van der Waals surface area contributed by atoms with Gasteiger partial charge in [-0.3, -0.25) is 0 Å². The van der Waals surface area contributed by atoms with Crippen LogP contribution in [0, 0.1) is 0 Å². The highest BCUT2D eigenvalue weighted by Gasteiger charge is 2.32. The van der Waals surface area contributed by atoms with E-state index in [-0.39, 0.29) is 6.03 Å². The summed E-state index contributed by atoms with van der Waals surface area (Å²) in [6.07, 6.45) is 2.54. The third-order valence-electron chi connectivity index (χ3n) is 3.57. The second kappa shape index (κ2) is 6.26. The molecule has 0 aliphatic carbocycles. The number of carbonyl (C=O) groups excluding carboxylic acids is 1. The maximum atomic E-state index is 11.9. The van der Waals surface area contributed by atoms with Crippen LogP contribution in [0.5, 0.6) is 0 Å². The fourth-order valence-corrected chi connectivity index (χ4v) is 3.32. The Morgan fingerprint density at radius 3 is 2.65 bits per heavy atom. The van der Waals surface area contributed by atoms with E-state index in [1.165, 1.54) is 11.8 Å². The van der Waals surface area contributed by atoms with Crippen LogP contribution in [0.3, 0.4) is 0 Å². The zero-order chi connectivity index (χ0) is 14.6. The van der Waals surface area contributed by atoms with Crippen LogP contribution in [-0.2, 0) is 16.3 Å². The molecule has 2 rings (SSSR count). The van der Waals surface area contributed by atoms with Crippen molar-refractivity contribution in [3.8, 4) is 0 Å². The Kier molecular flexibility index (Phi) is 4.65. The lowest BCUT2D eigenvalue weighted by molar-refractivity contribution is 0.209. The molecule has 1 heterocycles. The van der Waals surface area contributed by atoms with E-state index in [2.05, 4.69) is 5.32 Å². The van der Waals surface area contributed by atoms with E-state index in [0.717, 1.165) is 6.42 Å². The number of urea groups is 1. The topological polar surface area (TPSA) is 66.5 Å². The molecule has 0 saturated carbocycles. The molecular weight excluding hydrogens is 276 g/mol. The lowest BCUT2D eigenvalue weighted by Gasteiger charge is -2.17. The number of hydrogen-bond donors (Lipinski definition) is 1. The molecule has 0 radical (unpaired) electrons. The minimum absolute atomic E-state index is 0.174. The van der Waals surface area contributed by atoms with Crippen LogP contribution in [-0.4, -0.2) is 50.5 Å². The van der Waals surface area contributed by atoms with E-state index in [9.17, 15) is 13.2 Å². The van der Waals surface area contributed by atoms with Gasteiger partial charge in [-0.2, -0.15) is 0 Å². The first kappa shape index (κ1) is 14.8. The van der Waals surface area contributed by atoms with Crippen molar-refractivity contribution >= 4 is 15.9 Å². The van der Waals surface area contributed by atoms with E-state index in [1.807, 2.05) is 30.3 Å². The van der Waals surface area contributed by atoms with Crippen molar-refractivity contribution < 1.29 is 13.2 Å². The zero-order valence-corrected chi connectivity index (χ0v) is 12.4. The van der Waals surface area contributed by atoms with Crippen LogP contribution >= 0.6 is 0 Å². The summed E-state index contributed by atoms with van der Waals surface area (Å²) in [6.45, 7) is 1.37. The first-order valence-corrected chi connectivity index (χ1v) is 8.68. The number of benzene rings is 1. The van der Waals surface area contributed by atoms with Gasteiger partial charge in [-0.05, 0) is 18.4 Å². The second-order valence-electron chi connectivity index (χ2n) is 5.15. The molecule has 5 nitrogen and oxygen atoms in total. The summed E-state index contributed by atoms with van der Waals surface area (Å²) in [5.74, 6) is 0. The molecule has 2 amide bonds. The molecule has 1 atom stereocenters. The Bertz CT molecular complexity index is 557. The van der Waals surface area contributed by atoms with E-state index < -0.39 is 15.1 Å².